The Kier molecular flexibility index (Phi) is 14.8. The monoisotopic (exact) mass is 642 g/mol. The van der Waals surface area contributed by atoms with Crippen molar-refractivity contribution in [3.8, 4) is 5.75 Å². The zero-order chi connectivity index (χ0) is 32.7. The average Bonchev–Trinajstić information content (AvgIpc) is 3.05. The van der Waals surface area contributed by atoms with Crippen LogP contribution in [0, 0.1) is 0 Å². The van der Waals surface area contributed by atoms with Crippen LogP contribution in [0.4, 0.5) is 4.79 Å². The maximum absolute atomic E-state index is 13.2. The number of rotatable bonds is 17. The lowest BCUT2D eigenvalue weighted by atomic mass is 10.1. The second-order valence-electron chi connectivity index (χ2n) is 11.4. The lowest BCUT2D eigenvalue weighted by Crippen LogP contribution is -2.59. The smallest absolute Gasteiger partial charge is 0.407 e. The Morgan fingerprint density at radius 1 is 0.956 bits per heavy atom. The first-order valence-electron chi connectivity index (χ1n) is 15.8. The first-order valence-corrected chi connectivity index (χ1v) is 18.1. The van der Waals surface area contributed by atoms with Gasteiger partial charge in [-0.1, -0.05) is 56.3 Å². The van der Waals surface area contributed by atoms with Crippen molar-refractivity contribution in [1.82, 2.24) is 20.4 Å². The molecule has 3 amide bonds. The average molecular weight is 643 g/mol. The Bertz CT molecular complexity index is 1200. The lowest BCUT2D eigenvalue weighted by molar-refractivity contribution is -0.135. The molecule has 0 radical (unpaired) electrons. The molecule has 0 aromatic heterocycles. The summed E-state index contributed by atoms with van der Waals surface area (Å²) in [7, 11) is -0.826. The van der Waals surface area contributed by atoms with E-state index in [9.17, 15) is 14.4 Å². The first-order chi connectivity index (χ1) is 21.7. The normalized spacial score (nSPS) is 15.5. The van der Waals surface area contributed by atoms with E-state index in [0.717, 1.165) is 29.0 Å². The van der Waals surface area contributed by atoms with Crippen molar-refractivity contribution in [3.05, 3.63) is 65.7 Å². The molecule has 1 fully saturated rings. The number of hydrogen-bond acceptors (Lipinski definition) is 8. The van der Waals surface area contributed by atoms with Gasteiger partial charge in [-0.25, -0.2) is 4.79 Å². The number of benzene rings is 2. The van der Waals surface area contributed by atoms with Gasteiger partial charge in [-0.05, 0) is 37.1 Å². The Morgan fingerprint density at radius 3 is 2.31 bits per heavy atom. The molecule has 2 aromatic carbocycles. The van der Waals surface area contributed by atoms with Crippen LogP contribution in [-0.4, -0.2) is 94.9 Å². The molecule has 12 heteroatoms. The van der Waals surface area contributed by atoms with Gasteiger partial charge >= 0.3 is 6.09 Å². The minimum atomic E-state index is -2.44. The van der Waals surface area contributed by atoms with Gasteiger partial charge in [0.05, 0.1) is 13.7 Å². The molecule has 0 spiro atoms. The van der Waals surface area contributed by atoms with E-state index < -0.39 is 14.7 Å². The van der Waals surface area contributed by atoms with E-state index in [-0.39, 0.29) is 50.1 Å². The Hall–Kier alpha value is -3.45. The number of carbonyl (C=O) groups is 3. The fraction of sp³-hybridized carbons (Fsp3) is 0.545. The number of methoxy groups -OCH3 is 1. The first kappa shape index (κ1) is 36.0. The largest absolute Gasteiger partial charge is 0.544 e. The van der Waals surface area contributed by atoms with Crippen molar-refractivity contribution in [1.29, 1.82) is 0 Å². The van der Waals surface area contributed by atoms with E-state index >= 15 is 0 Å². The molecule has 2 aromatic rings. The van der Waals surface area contributed by atoms with Gasteiger partial charge in [0.2, 0.25) is 11.8 Å². The third-order valence-corrected chi connectivity index (χ3v) is 11.6. The fourth-order valence-corrected chi connectivity index (χ4v) is 7.87. The Balaban J connectivity index is 1.56. The van der Waals surface area contributed by atoms with Crippen molar-refractivity contribution < 1.29 is 32.7 Å². The van der Waals surface area contributed by atoms with Crippen molar-refractivity contribution >= 4 is 26.5 Å². The SMILES string of the molecule is CC[Si-](CC)(OCC1CN(C(=O)CCNC(=O)OCc2ccccc2)CCN1CC(=O)NCc1ccc(OC)cc1)OC(C)C. The molecular formula is C33H50N4O7Si-. The molecular weight excluding hydrogens is 592 g/mol. The van der Waals surface area contributed by atoms with Gasteiger partial charge in [-0.3, -0.25) is 14.5 Å². The minimum Gasteiger partial charge on any atom is -0.544 e. The van der Waals surface area contributed by atoms with Gasteiger partial charge in [0.1, 0.15) is 20.9 Å². The number of alkyl carbamates (subject to hydrolysis) is 1. The molecule has 1 unspecified atom stereocenters. The van der Waals surface area contributed by atoms with E-state index in [1.807, 2.05) is 68.4 Å². The van der Waals surface area contributed by atoms with Crippen LogP contribution in [0.2, 0.25) is 12.1 Å². The summed E-state index contributed by atoms with van der Waals surface area (Å²) in [6.45, 7) is 10.9. The maximum atomic E-state index is 13.2. The van der Waals surface area contributed by atoms with Crippen LogP contribution in [0.25, 0.3) is 0 Å². The second-order valence-corrected chi connectivity index (χ2v) is 15.2. The lowest BCUT2D eigenvalue weighted by Gasteiger charge is -2.48. The van der Waals surface area contributed by atoms with Crippen molar-refractivity contribution in [2.45, 2.75) is 71.5 Å². The van der Waals surface area contributed by atoms with Gasteiger partial charge in [0.25, 0.3) is 0 Å². The van der Waals surface area contributed by atoms with Crippen LogP contribution in [-0.2, 0) is 36.3 Å². The van der Waals surface area contributed by atoms with Crippen molar-refractivity contribution in [2.75, 3.05) is 46.4 Å². The molecule has 1 heterocycles. The van der Waals surface area contributed by atoms with Crippen molar-refractivity contribution in [3.63, 3.8) is 0 Å². The van der Waals surface area contributed by atoms with E-state index in [2.05, 4.69) is 29.4 Å². The van der Waals surface area contributed by atoms with Crippen LogP contribution in [0.3, 0.4) is 0 Å². The van der Waals surface area contributed by atoms with E-state index in [0.29, 0.717) is 32.8 Å². The number of nitrogens with zero attached hydrogens (tertiary/aromatic N) is 2. The number of nitrogens with one attached hydrogen (secondary N) is 2. The van der Waals surface area contributed by atoms with Gasteiger partial charge in [0.15, 0.2) is 0 Å². The number of amides is 3. The van der Waals surface area contributed by atoms with Crippen LogP contribution in [0.5, 0.6) is 5.75 Å². The predicted octanol–water partition coefficient (Wildman–Crippen LogP) is 4.06. The van der Waals surface area contributed by atoms with Crippen LogP contribution >= 0.6 is 0 Å². The molecule has 2 N–H and O–H groups in total. The van der Waals surface area contributed by atoms with Crippen LogP contribution in [0.1, 0.15) is 45.2 Å². The number of hydrogen-bond donors (Lipinski definition) is 2. The summed E-state index contributed by atoms with van der Waals surface area (Å²) in [5.74, 6) is 0.598. The zero-order valence-electron chi connectivity index (χ0n) is 27.4. The molecule has 1 aliphatic rings. The summed E-state index contributed by atoms with van der Waals surface area (Å²) in [5, 5.41) is 5.67. The molecule has 1 aliphatic heterocycles. The van der Waals surface area contributed by atoms with Gasteiger partial charge in [0, 0.05) is 57.9 Å². The highest BCUT2D eigenvalue weighted by atomic mass is 28.4. The van der Waals surface area contributed by atoms with Gasteiger partial charge in [-0.15, -0.1) is 12.1 Å². The third-order valence-electron chi connectivity index (χ3n) is 7.84. The summed E-state index contributed by atoms with van der Waals surface area (Å²) >= 11 is 0. The molecule has 0 aliphatic carbocycles. The zero-order valence-corrected chi connectivity index (χ0v) is 28.4. The van der Waals surface area contributed by atoms with Gasteiger partial charge in [-0.2, -0.15) is 0 Å². The third kappa shape index (κ3) is 12.1. The highest BCUT2D eigenvalue weighted by Crippen LogP contribution is 2.23. The van der Waals surface area contributed by atoms with E-state index in [4.69, 9.17) is 18.3 Å². The summed E-state index contributed by atoms with van der Waals surface area (Å²) in [4.78, 5) is 42.2. The molecule has 45 heavy (non-hydrogen) atoms. The number of carbonyl (C=O) groups excluding carboxylic acids is 3. The number of ether oxygens (including phenoxy) is 2. The summed E-state index contributed by atoms with van der Waals surface area (Å²) < 4.78 is 23.3. The van der Waals surface area contributed by atoms with Crippen molar-refractivity contribution in [2.24, 2.45) is 0 Å². The fourth-order valence-electron chi connectivity index (χ4n) is 5.21. The molecule has 0 saturated carbocycles. The van der Waals surface area contributed by atoms with E-state index in [1.54, 1.807) is 12.0 Å². The maximum Gasteiger partial charge on any atom is 0.407 e. The predicted molar refractivity (Wildman–Crippen MR) is 175 cm³/mol. The Morgan fingerprint density at radius 2 is 1.67 bits per heavy atom. The summed E-state index contributed by atoms with van der Waals surface area (Å²) in [6.07, 6.45) is -0.364. The summed E-state index contributed by atoms with van der Waals surface area (Å²) in [5.41, 5.74) is 1.87. The molecule has 1 saturated heterocycles. The van der Waals surface area contributed by atoms with Crippen LogP contribution < -0.4 is 15.4 Å². The van der Waals surface area contributed by atoms with E-state index in [1.165, 1.54) is 0 Å². The highest BCUT2D eigenvalue weighted by molar-refractivity contribution is 6.67. The Labute approximate surface area is 268 Å². The highest BCUT2D eigenvalue weighted by Gasteiger charge is 2.32. The number of piperazine rings is 1. The molecule has 249 valence electrons. The molecule has 0 bridgehead atoms. The minimum absolute atomic E-state index is 0.0488. The standard InChI is InChI=1S/C33H50N4O7Si/c1-6-45(7-2,44-26(3)4)43-25-29-22-37(32(39)17-18-34-33(40)42-24-28-11-9-8-10-12-28)20-19-36(29)23-31(38)35-21-27-13-15-30(41-5)16-14-27/h8-16,26,29H,6-7,17-25H2,1-5H3,(H,34,40)(H,35,38)/q-1. The molecule has 1 atom stereocenters. The van der Waals surface area contributed by atoms with Crippen LogP contribution in [0.15, 0.2) is 54.6 Å². The second kappa shape index (κ2) is 18.5. The molecule has 11 nitrogen and oxygen atoms in total. The topological polar surface area (TPSA) is 119 Å². The summed E-state index contributed by atoms with van der Waals surface area (Å²) in [6, 6.07) is 18.4. The quantitative estimate of drug-likeness (QED) is 0.248. The molecule has 3 rings (SSSR count). The van der Waals surface area contributed by atoms with Gasteiger partial charge < -0.3 is 33.9 Å².